The van der Waals surface area contributed by atoms with Crippen LogP contribution in [0.15, 0.2) is 18.2 Å². The zero-order valence-corrected chi connectivity index (χ0v) is 7.01. The number of nitrogens with one attached hydrogen (secondary N) is 1. The highest BCUT2D eigenvalue weighted by Gasteiger charge is 2.29. The van der Waals surface area contributed by atoms with Crippen LogP contribution in [0.5, 0.6) is 0 Å². The molecule has 1 fully saturated rings. The standard InChI is InChI=1S/C10H9FNO/c11-8-3-5-9(6-4-8)12-10(13)7-1-2-7/h3,5-7H,1-2H2,(H,12,13). The van der Waals surface area contributed by atoms with Gasteiger partial charge in [0.1, 0.15) is 5.82 Å². The highest BCUT2D eigenvalue weighted by atomic mass is 19.1. The zero-order valence-electron chi connectivity index (χ0n) is 7.01. The molecule has 1 radical (unpaired) electrons. The largest absolute Gasteiger partial charge is 0.326 e. The molecule has 1 aromatic carbocycles. The maximum Gasteiger partial charge on any atom is 0.227 e. The normalized spacial score (nSPS) is 15.5. The summed E-state index contributed by atoms with van der Waals surface area (Å²) >= 11 is 0. The van der Waals surface area contributed by atoms with Crippen molar-refractivity contribution in [3.8, 4) is 0 Å². The number of hydrogen-bond acceptors (Lipinski definition) is 1. The van der Waals surface area contributed by atoms with Crippen LogP contribution in [0.1, 0.15) is 12.8 Å². The summed E-state index contributed by atoms with van der Waals surface area (Å²) in [5.41, 5.74) is 0.610. The summed E-state index contributed by atoms with van der Waals surface area (Å²) < 4.78 is 12.4. The number of benzene rings is 1. The second-order valence-corrected chi connectivity index (χ2v) is 3.19. The number of carbonyl (C=O) groups excluding carboxylic acids is 1. The topological polar surface area (TPSA) is 29.1 Å². The molecule has 2 rings (SSSR count). The van der Waals surface area contributed by atoms with Crippen molar-refractivity contribution < 1.29 is 9.18 Å². The number of carbonyl (C=O) groups is 1. The Morgan fingerprint density at radius 1 is 1.54 bits per heavy atom. The molecule has 3 heteroatoms. The molecule has 13 heavy (non-hydrogen) atoms. The van der Waals surface area contributed by atoms with E-state index >= 15 is 0 Å². The van der Waals surface area contributed by atoms with E-state index in [9.17, 15) is 9.18 Å². The highest BCUT2D eigenvalue weighted by molar-refractivity contribution is 5.93. The van der Waals surface area contributed by atoms with Crippen molar-refractivity contribution in [1.29, 1.82) is 0 Å². The average molecular weight is 178 g/mol. The van der Waals surface area contributed by atoms with E-state index in [0.717, 1.165) is 12.8 Å². The van der Waals surface area contributed by atoms with Crippen LogP contribution < -0.4 is 5.32 Å². The molecule has 1 aromatic rings. The average Bonchev–Trinajstić information content (AvgIpc) is 2.91. The van der Waals surface area contributed by atoms with Gasteiger partial charge in [0.05, 0.1) is 0 Å². The van der Waals surface area contributed by atoms with Crippen LogP contribution in [0.25, 0.3) is 0 Å². The van der Waals surface area contributed by atoms with E-state index in [1.54, 1.807) is 0 Å². The number of amides is 1. The van der Waals surface area contributed by atoms with Crippen LogP contribution in [0.2, 0.25) is 0 Å². The number of rotatable bonds is 2. The third kappa shape index (κ3) is 2.05. The molecule has 0 aromatic heterocycles. The summed E-state index contributed by atoms with van der Waals surface area (Å²) in [6.45, 7) is 0. The molecule has 1 saturated carbocycles. The minimum atomic E-state index is -0.413. The van der Waals surface area contributed by atoms with Gasteiger partial charge in [-0.3, -0.25) is 4.79 Å². The van der Waals surface area contributed by atoms with Crippen molar-refractivity contribution in [2.75, 3.05) is 5.32 Å². The van der Waals surface area contributed by atoms with Gasteiger partial charge in [0.25, 0.3) is 0 Å². The minimum Gasteiger partial charge on any atom is -0.326 e. The van der Waals surface area contributed by atoms with Crippen molar-refractivity contribution in [3.63, 3.8) is 0 Å². The van der Waals surface area contributed by atoms with Gasteiger partial charge in [-0.15, -0.1) is 0 Å². The van der Waals surface area contributed by atoms with Gasteiger partial charge in [-0.2, -0.15) is 0 Å². The molecular weight excluding hydrogens is 169 g/mol. The fourth-order valence-corrected chi connectivity index (χ4v) is 1.07. The van der Waals surface area contributed by atoms with E-state index in [2.05, 4.69) is 11.4 Å². The van der Waals surface area contributed by atoms with Crippen LogP contribution >= 0.6 is 0 Å². The Labute approximate surface area is 75.8 Å². The predicted octanol–water partition coefficient (Wildman–Crippen LogP) is 1.97. The number of halogens is 1. The van der Waals surface area contributed by atoms with Crippen LogP contribution in [0.4, 0.5) is 10.1 Å². The molecule has 0 heterocycles. The molecule has 1 amide bonds. The van der Waals surface area contributed by atoms with E-state index < -0.39 is 5.82 Å². The molecule has 1 aliphatic rings. The Morgan fingerprint density at radius 2 is 2.31 bits per heavy atom. The second-order valence-electron chi connectivity index (χ2n) is 3.19. The lowest BCUT2D eigenvalue weighted by atomic mass is 10.3. The summed E-state index contributed by atoms with van der Waals surface area (Å²) in [6.07, 6.45) is 1.94. The first-order chi connectivity index (χ1) is 6.25. The van der Waals surface area contributed by atoms with Gasteiger partial charge < -0.3 is 5.32 Å². The monoisotopic (exact) mass is 178 g/mol. The van der Waals surface area contributed by atoms with Gasteiger partial charge in [-0.25, -0.2) is 4.39 Å². The van der Waals surface area contributed by atoms with Crippen molar-refractivity contribution in [3.05, 3.63) is 30.1 Å². The van der Waals surface area contributed by atoms with E-state index in [4.69, 9.17) is 0 Å². The molecule has 0 unspecified atom stereocenters. The number of anilines is 1. The Balaban J connectivity index is 2.00. The maximum atomic E-state index is 12.4. The van der Waals surface area contributed by atoms with Crippen LogP contribution in [0, 0.1) is 17.8 Å². The lowest BCUT2D eigenvalue weighted by Crippen LogP contribution is -2.13. The molecule has 1 N–H and O–H groups in total. The first-order valence-electron chi connectivity index (χ1n) is 4.24. The third-order valence-electron chi connectivity index (χ3n) is 1.99. The molecule has 0 spiro atoms. The SMILES string of the molecule is O=C(Nc1c[c]c(F)cc1)C1CC1. The quantitative estimate of drug-likeness (QED) is 0.737. The number of hydrogen-bond donors (Lipinski definition) is 1. The Morgan fingerprint density at radius 3 is 2.85 bits per heavy atom. The first kappa shape index (κ1) is 8.23. The lowest BCUT2D eigenvalue weighted by Gasteiger charge is -2.02. The molecule has 2 nitrogen and oxygen atoms in total. The summed E-state index contributed by atoms with van der Waals surface area (Å²) in [6, 6.07) is 6.64. The molecule has 67 valence electrons. The first-order valence-corrected chi connectivity index (χ1v) is 4.24. The van der Waals surface area contributed by atoms with Gasteiger partial charge in [-0.05, 0) is 31.0 Å². The van der Waals surface area contributed by atoms with Crippen molar-refractivity contribution in [2.24, 2.45) is 5.92 Å². The van der Waals surface area contributed by atoms with E-state index in [0.29, 0.717) is 5.69 Å². The Kier molecular flexibility index (Phi) is 2.00. The smallest absolute Gasteiger partial charge is 0.227 e. The molecule has 0 saturated heterocycles. The summed E-state index contributed by atoms with van der Waals surface area (Å²) in [5.74, 6) is -0.213. The molecular formula is C10H9FNO. The van der Waals surface area contributed by atoms with Crippen LogP contribution in [0.3, 0.4) is 0 Å². The van der Waals surface area contributed by atoms with Crippen LogP contribution in [-0.2, 0) is 4.79 Å². The summed E-state index contributed by atoms with van der Waals surface area (Å²) in [5, 5.41) is 2.69. The van der Waals surface area contributed by atoms with E-state index in [-0.39, 0.29) is 11.8 Å². The van der Waals surface area contributed by atoms with Crippen molar-refractivity contribution in [2.45, 2.75) is 12.8 Å². The van der Waals surface area contributed by atoms with Gasteiger partial charge in [0.15, 0.2) is 0 Å². The second kappa shape index (κ2) is 3.17. The molecule has 0 bridgehead atoms. The van der Waals surface area contributed by atoms with Crippen LogP contribution in [-0.4, -0.2) is 5.91 Å². The van der Waals surface area contributed by atoms with Gasteiger partial charge in [-0.1, -0.05) is 0 Å². The molecule has 0 atom stereocenters. The zero-order chi connectivity index (χ0) is 9.26. The minimum absolute atomic E-state index is 0.0278. The summed E-state index contributed by atoms with van der Waals surface area (Å²) in [4.78, 5) is 11.2. The van der Waals surface area contributed by atoms with Gasteiger partial charge >= 0.3 is 0 Å². The molecule has 1 aliphatic carbocycles. The van der Waals surface area contributed by atoms with Gasteiger partial charge in [0.2, 0.25) is 5.91 Å². The Hall–Kier alpha value is -1.38. The maximum absolute atomic E-state index is 12.4. The fraction of sp³-hybridized carbons (Fsp3) is 0.300. The fourth-order valence-electron chi connectivity index (χ4n) is 1.07. The van der Waals surface area contributed by atoms with Crippen molar-refractivity contribution in [1.82, 2.24) is 0 Å². The summed E-state index contributed by atoms with van der Waals surface area (Å²) in [7, 11) is 0. The highest BCUT2D eigenvalue weighted by Crippen LogP contribution is 2.30. The van der Waals surface area contributed by atoms with E-state index in [1.165, 1.54) is 18.2 Å². The molecule has 0 aliphatic heterocycles. The van der Waals surface area contributed by atoms with E-state index in [1.807, 2.05) is 0 Å². The van der Waals surface area contributed by atoms with Crippen molar-refractivity contribution >= 4 is 11.6 Å². The third-order valence-corrected chi connectivity index (χ3v) is 1.99. The predicted molar refractivity (Wildman–Crippen MR) is 46.6 cm³/mol. The van der Waals surface area contributed by atoms with Gasteiger partial charge in [0, 0.05) is 17.7 Å². The Bertz CT molecular complexity index is 316. The lowest BCUT2D eigenvalue weighted by molar-refractivity contribution is -0.117.